The molecule has 2 aromatic rings. The van der Waals surface area contributed by atoms with Gasteiger partial charge < -0.3 is 14.6 Å². The van der Waals surface area contributed by atoms with Crippen LogP contribution < -0.4 is 10.1 Å². The molecule has 6 nitrogen and oxygen atoms in total. The van der Waals surface area contributed by atoms with E-state index in [1.54, 1.807) is 12.1 Å². The molecule has 0 atom stereocenters. The highest BCUT2D eigenvalue weighted by Gasteiger charge is 2.09. The van der Waals surface area contributed by atoms with Crippen LogP contribution in [0.1, 0.15) is 26.6 Å². The Morgan fingerprint density at radius 2 is 2.24 bits per heavy atom. The number of hydrogen-bond acceptors (Lipinski definition) is 5. The number of aryl methyl sites for hydroxylation is 1. The van der Waals surface area contributed by atoms with Gasteiger partial charge in [0.05, 0.1) is 0 Å². The molecule has 2 rings (SSSR count). The first-order chi connectivity index (χ1) is 10.1. The van der Waals surface area contributed by atoms with Crippen molar-refractivity contribution in [2.75, 3.05) is 6.61 Å². The Labute approximate surface area is 123 Å². The normalized spacial score (nSPS) is 10.7. The summed E-state index contributed by atoms with van der Waals surface area (Å²) < 4.78 is 10.6. The predicted molar refractivity (Wildman–Crippen MR) is 77.9 cm³/mol. The molecular weight excluding hydrogens is 270 g/mol. The fraction of sp³-hybridized carbons (Fsp3) is 0.400. The fourth-order valence-electron chi connectivity index (χ4n) is 1.75. The van der Waals surface area contributed by atoms with E-state index in [2.05, 4.69) is 15.5 Å². The molecule has 0 aliphatic heterocycles. The topological polar surface area (TPSA) is 77.2 Å². The summed E-state index contributed by atoms with van der Waals surface area (Å²) in [6, 6.07) is 7.33. The summed E-state index contributed by atoms with van der Waals surface area (Å²) in [6.45, 7) is 5.74. The first-order valence-electron chi connectivity index (χ1n) is 6.93. The van der Waals surface area contributed by atoms with Gasteiger partial charge in [-0.1, -0.05) is 18.1 Å². The van der Waals surface area contributed by atoms with Gasteiger partial charge in [0.15, 0.2) is 12.4 Å². The smallest absolute Gasteiger partial charge is 0.258 e. The number of amides is 1. The van der Waals surface area contributed by atoms with Gasteiger partial charge in [-0.25, -0.2) is 0 Å². The molecule has 0 radical (unpaired) electrons. The van der Waals surface area contributed by atoms with E-state index < -0.39 is 0 Å². The lowest BCUT2D eigenvalue weighted by Crippen LogP contribution is -2.34. The van der Waals surface area contributed by atoms with E-state index in [9.17, 15) is 4.79 Å². The summed E-state index contributed by atoms with van der Waals surface area (Å²) in [5.74, 6) is 1.54. The maximum Gasteiger partial charge on any atom is 0.258 e. The van der Waals surface area contributed by atoms with Crippen LogP contribution in [0.15, 0.2) is 28.8 Å². The minimum atomic E-state index is -0.151. The zero-order valence-electron chi connectivity index (χ0n) is 12.4. The van der Waals surface area contributed by atoms with Crippen LogP contribution in [0.25, 0.3) is 11.5 Å². The van der Waals surface area contributed by atoms with Crippen molar-refractivity contribution in [3.63, 3.8) is 0 Å². The number of nitrogens with zero attached hydrogens (tertiary/aromatic N) is 2. The fourth-order valence-corrected chi connectivity index (χ4v) is 1.75. The summed E-state index contributed by atoms with van der Waals surface area (Å²) in [5.41, 5.74) is 0.768. The molecule has 21 heavy (non-hydrogen) atoms. The maximum absolute atomic E-state index is 11.5. The molecular formula is C15H19N3O3. The lowest BCUT2D eigenvalue weighted by Gasteiger charge is -2.09. The zero-order chi connectivity index (χ0) is 15.2. The van der Waals surface area contributed by atoms with Crippen molar-refractivity contribution in [1.29, 1.82) is 0 Å². The van der Waals surface area contributed by atoms with Gasteiger partial charge in [-0.3, -0.25) is 4.79 Å². The van der Waals surface area contributed by atoms with Crippen LogP contribution in [0.2, 0.25) is 0 Å². The van der Waals surface area contributed by atoms with Crippen molar-refractivity contribution >= 4 is 5.91 Å². The van der Waals surface area contributed by atoms with Gasteiger partial charge >= 0.3 is 0 Å². The second-order valence-electron chi connectivity index (χ2n) is 4.91. The Bertz CT molecular complexity index is 608. The number of carbonyl (C=O) groups is 1. The average Bonchev–Trinajstić information content (AvgIpc) is 2.94. The molecule has 1 aromatic heterocycles. The largest absolute Gasteiger partial charge is 0.484 e. The van der Waals surface area contributed by atoms with E-state index in [0.29, 0.717) is 17.5 Å². The van der Waals surface area contributed by atoms with Gasteiger partial charge in [0, 0.05) is 18.0 Å². The number of carbonyl (C=O) groups excluding carboxylic acids is 1. The summed E-state index contributed by atoms with van der Waals surface area (Å²) in [6.07, 6.45) is 0.717. The Morgan fingerprint density at radius 3 is 2.90 bits per heavy atom. The first-order valence-corrected chi connectivity index (χ1v) is 6.93. The molecule has 0 bridgehead atoms. The highest BCUT2D eigenvalue weighted by molar-refractivity contribution is 5.77. The molecule has 0 saturated heterocycles. The Balaban J connectivity index is 2.02. The lowest BCUT2D eigenvalue weighted by molar-refractivity contribution is -0.123. The molecule has 0 unspecified atom stereocenters. The van der Waals surface area contributed by atoms with Crippen LogP contribution >= 0.6 is 0 Å². The van der Waals surface area contributed by atoms with Gasteiger partial charge in [-0.2, -0.15) is 4.98 Å². The number of nitrogens with one attached hydrogen (secondary N) is 1. The van der Waals surface area contributed by atoms with Crippen molar-refractivity contribution in [3.05, 3.63) is 30.1 Å². The molecule has 0 aliphatic carbocycles. The average molecular weight is 289 g/mol. The molecule has 1 aromatic carbocycles. The van der Waals surface area contributed by atoms with E-state index in [1.807, 2.05) is 32.9 Å². The molecule has 6 heteroatoms. The second kappa shape index (κ2) is 6.88. The van der Waals surface area contributed by atoms with E-state index in [-0.39, 0.29) is 18.6 Å². The van der Waals surface area contributed by atoms with Gasteiger partial charge in [-0.15, -0.1) is 0 Å². The summed E-state index contributed by atoms with van der Waals surface area (Å²) in [4.78, 5) is 15.8. The van der Waals surface area contributed by atoms with Gasteiger partial charge in [-0.05, 0) is 32.0 Å². The predicted octanol–water partition coefficient (Wildman–Crippen LogP) is 2.20. The highest BCUT2D eigenvalue weighted by Crippen LogP contribution is 2.22. The number of benzene rings is 1. The van der Waals surface area contributed by atoms with Crippen molar-refractivity contribution in [2.45, 2.75) is 33.2 Å². The van der Waals surface area contributed by atoms with E-state index in [0.717, 1.165) is 12.0 Å². The third-order valence-corrected chi connectivity index (χ3v) is 2.68. The first kappa shape index (κ1) is 15.0. The molecule has 0 fully saturated rings. The molecule has 0 aliphatic rings. The van der Waals surface area contributed by atoms with Crippen LogP contribution in [0, 0.1) is 0 Å². The molecule has 0 saturated carbocycles. The van der Waals surface area contributed by atoms with Gasteiger partial charge in [0.1, 0.15) is 5.75 Å². The minimum Gasteiger partial charge on any atom is -0.484 e. The van der Waals surface area contributed by atoms with Crippen molar-refractivity contribution < 1.29 is 14.1 Å². The number of aromatic nitrogens is 2. The van der Waals surface area contributed by atoms with Gasteiger partial charge in [0.2, 0.25) is 0 Å². The van der Waals surface area contributed by atoms with Gasteiger partial charge in [0.25, 0.3) is 11.8 Å². The lowest BCUT2D eigenvalue weighted by atomic mass is 10.2. The number of ether oxygens (including phenoxy) is 1. The molecule has 1 amide bonds. The number of hydrogen-bond donors (Lipinski definition) is 1. The quantitative estimate of drug-likeness (QED) is 0.882. The summed E-state index contributed by atoms with van der Waals surface area (Å²) >= 11 is 0. The van der Waals surface area contributed by atoms with Crippen molar-refractivity contribution in [2.24, 2.45) is 0 Å². The molecule has 112 valence electrons. The molecule has 0 spiro atoms. The van der Waals surface area contributed by atoms with Crippen LogP contribution in [0.4, 0.5) is 0 Å². The molecule has 1 N–H and O–H groups in total. The third-order valence-electron chi connectivity index (χ3n) is 2.68. The summed E-state index contributed by atoms with van der Waals surface area (Å²) in [5, 5.41) is 6.62. The zero-order valence-corrected chi connectivity index (χ0v) is 12.4. The van der Waals surface area contributed by atoms with Crippen LogP contribution in [-0.2, 0) is 11.2 Å². The van der Waals surface area contributed by atoms with E-state index >= 15 is 0 Å². The van der Waals surface area contributed by atoms with E-state index in [4.69, 9.17) is 9.26 Å². The second-order valence-corrected chi connectivity index (χ2v) is 4.91. The Kier molecular flexibility index (Phi) is 4.92. The Hall–Kier alpha value is -2.37. The maximum atomic E-state index is 11.5. The molecule has 1 heterocycles. The SMILES string of the molecule is CCc1noc(-c2cccc(OCC(=O)NC(C)C)c2)n1. The minimum absolute atomic E-state index is 0.0221. The third kappa shape index (κ3) is 4.30. The number of rotatable bonds is 6. The van der Waals surface area contributed by atoms with Crippen LogP contribution in [0.5, 0.6) is 5.75 Å². The Morgan fingerprint density at radius 1 is 1.43 bits per heavy atom. The summed E-state index contributed by atoms with van der Waals surface area (Å²) in [7, 11) is 0. The van der Waals surface area contributed by atoms with E-state index in [1.165, 1.54) is 0 Å². The highest BCUT2D eigenvalue weighted by atomic mass is 16.5. The van der Waals surface area contributed by atoms with Crippen LogP contribution in [-0.4, -0.2) is 28.7 Å². The van der Waals surface area contributed by atoms with Crippen LogP contribution in [0.3, 0.4) is 0 Å². The standard InChI is InChI=1S/C15H19N3O3/c1-4-13-17-15(21-18-13)11-6-5-7-12(8-11)20-9-14(19)16-10(2)3/h5-8,10H,4,9H2,1-3H3,(H,16,19). The van der Waals surface area contributed by atoms with Crippen molar-refractivity contribution in [3.8, 4) is 17.2 Å². The monoisotopic (exact) mass is 289 g/mol. The van der Waals surface area contributed by atoms with Crippen molar-refractivity contribution in [1.82, 2.24) is 15.5 Å².